The molecule has 0 atom stereocenters. The molecule has 0 aliphatic carbocycles. The summed E-state index contributed by atoms with van der Waals surface area (Å²) in [6.07, 6.45) is 7.73. The molecule has 2 saturated heterocycles. The van der Waals surface area contributed by atoms with Crippen LogP contribution in [0.5, 0.6) is 5.75 Å². The van der Waals surface area contributed by atoms with Gasteiger partial charge in [-0.1, -0.05) is 30.7 Å². The monoisotopic (exact) mass is 421 g/mol. The number of phenols is 1. The van der Waals surface area contributed by atoms with Crippen molar-refractivity contribution in [2.45, 2.75) is 44.6 Å². The first-order valence-electron chi connectivity index (χ1n) is 11.8. The second kappa shape index (κ2) is 10.8. The van der Waals surface area contributed by atoms with Gasteiger partial charge in [0, 0.05) is 18.2 Å². The van der Waals surface area contributed by atoms with Crippen LogP contribution >= 0.6 is 0 Å². The van der Waals surface area contributed by atoms with Crippen molar-refractivity contribution in [3.05, 3.63) is 54.1 Å². The molecule has 2 N–H and O–H groups in total. The third-order valence-corrected chi connectivity index (χ3v) is 6.75. The van der Waals surface area contributed by atoms with Gasteiger partial charge in [-0.15, -0.1) is 0 Å². The summed E-state index contributed by atoms with van der Waals surface area (Å²) in [5.41, 5.74) is 2.74. The first kappa shape index (κ1) is 21.8. The summed E-state index contributed by atoms with van der Waals surface area (Å²) in [4.78, 5) is 17.7. The number of carbonyl (C=O) groups excluding carboxylic acids is 1. The molecule has 2 aliphatic rings. The standard InChI is InChI=1S/C26H35N3O2/c30-25-11-9-22(10-12-25)21-5-7-23(8-6-21)26(31)27-15-4-16-28-19-13-24(14-20-28)29-17-2-1-3-18-29/h5-12,24,30H,1-4,13-20H2,(H,27,31). The van der Waals surface area contributed by atoms with Gasteiger partial charge in [0.15, 0.2) is 0 Å². The molecule has 0 spiro atoms. The molecule has 2 heterocycles. The molecule has 0 aromatic heterocycles. The highest BCUT2D eigenvalue weighted by Gasteiger charge is 2.25. The van der Waals surface area contributed by atoms with Gasteiger partial charge in [-0.05, 0) is 100 Å². The maximum Gasteiger partial charge on any atom is 0.251 e. The van der Waals surface area contributed by atoms with Crippen LogP contribution in [0.1, 0.15) is 48.9 Å². The van der Waals surface area contributed by atoms with Crippen molar-refractivity contribution in [3.8, 4) is 16.9 Å². The maximum absolute atomic E-state index is 12.4. The van der Waals surface area contributed by atoms with Crippen LogP contribution in [0, 0.1) is 0 Å². The zero-order chi connectivity index (χ0) is 21.5. The number of aromatic hydroxyl groups is 1. The Morgan fingerprint density at radius 1 is 0.871 bits per heavy atom. The van der Waals surface area contributed by atoms with Crippen molar-refractivity contribution in [3.63, 3.8) is 0 Å². The predicted octanol–water partition coefficient (Wildman–Crippen LogP) is 4.13. The molecule has 0 bridgehead atoms. The fraction of sp³-hybridized carbons (Fsp3) is 0.500. The largest absolute Gasteiger partial charge is 0.508 e. The molecule has 4 rings (SSSR count). The minimum absolute atomic E-state index is 0.0129. The van der Waals surface area contributed by atoms with Gasteiger partial charge in [-0.3, -0.25) is 4.79 Å². The van der Waals surface area contributed by atoms with Gasteiger partial charge in [-0.2, -0.15) is 0 Å². The lowest BCUT2D eigenvalue weighted by molar-refractivity contribution is 0.0903. The summed E-state index contributed by atoms with van der Waals surface area (Å²) in [5, 5.41) is 12.5. The van der Waals surface area contributed by atoms with Crippen molar-refractivity contribution in [1.82, 2.24) is 15.1 Å². The number of hydrogen-bond donors (Lipinski definition) is 2. The van der Waals surface area contributed by atoms with E-state index in [2.05, 4.69) is 15.1 Å². The lowest BCUT2D eigenvalue weighted by Gasteiger charge is -2.40. The van der Waals surface area contributed by atoms with E-state index in [0.717, 1.165) is 30.1 Å². The Labute approximate surface area is 186 Å². The highest BCUT2D eigenvalue weighted by atomic mass is 16.3. The molecule has 2 aliphatic heterocycles. The highest BCUT2D eigenvalue weighted by Crippen LogP contribution is 2.23. The van der Waals surface area contributed by atoms with Crippen LogP contribution in [-0.2, 0) is 0 Å². The zero-order valence-corrected chi connectivity index (χ0v) is 18.4. The molecule has 5 nitrogen and oxygen atoms in total. The molecule has 1 amide bonds. The van der Waals surface area contributed by atoms with Crippen molar-refractivity contribution in [1.29, 1.82) is 0 Å². The summed E-state index contributed by atoms with van der Waals surface area (Å²) in [6.45, 7) is 6.75. The molecular weight excluding hydrogens is 386 g/mol. The number of benzene rings is 2. The van der Waals surface area contributed by atoms with Crippen molar-refractivity contribution in [2.75, 3.05) is 39.3 Å². The molecule has 31 heavy (non-hydrogen) atoms. The van der Waals surface area contributed by atoms with Crippen molar-refractivity contribution < 1.29 is 9.90 Å². The van der Waals surface area contributed by atoms with Crippen molar-refractivity contribution in [2.24, 2.45) is 0 Å². The van der Waals surface area contributed by atoms with Crippen LogP contribution in [0.4, 0.5) is 0 Å². The van der Waals surface area contributed by atoms with Gasteiger partial charge in [-0.25, -0.2) is 0 Å². The highest BCUT2D eigenvalue weighted by molar-refractivity contribution is 5.94. The van der Waals surface area contributed by atoms with E-state index >= 15 is 0 Å². The Morgan fingerprint density at radius 3 is 2.13 bits per heavy atom. The number of amides is 1. The number of nitrogens with one attached hydrogen (secondary N) is 1. The van der Waals surface area contributed by atoms with Gasteiger partial charge >= 0.3 is 0 Å². The lowest BCUT2D eigenvalue weighted by atomic mass is 10.00. The fourth-order valence-corrected chi connectivity index (χ4v) is 4.87. The SMILES string of the molecule is O=C(NCCCN1CCC(N2CCCCC2)CC1)c1ccc(-c2ccc(O)cc2)cc1. The third kappa shape index (κ3) is 6.08. The molecule has 0 saturated carbocycles. The van der Waals surface area contributed by atoms with Gasteiger partial charge in [0.1, 0.15) is 5.75 Å². The van der Waals surface area contributed by atoms with E-state index in [9.17, 15) is 9.90 Å². The zero-order valence-electron chi connectivity index (χ0n) is 18.4. The average Bonchev–Trinajstić information content (AvgIpc) is 2.83. The second-order valence-corrected chi connectivity index (χ2v) is 8.90. The number of rotatable bonds is 7. The van der Waals surface area contributed by atoms with Crippen LogP contribution in [0.25, 0.3) is 11.1 Å². The van der Waals surface area contributed by atoms with E-state index in [4.69, 9.17) is 0 Å². The van der Waals surface area contributed by atoms with Crippen LogP contribution in [0.2, 0.25) is 0 Å². The molecule has 2 aromatic carbocycles. The minimum Gasteiger partial charge on any atom is -0.508 e. The number of carbonyl (C=O) groups is 1. The molecule has 0 radical (unpaired) electrons. The Kier molecular flexibility index (Phi) is 7.60. The summed E-state index contributed by atoms with van der Waals surface area (Å²) in [6, 6.07) is 15.5. The normalized spacial score (nSPS) is 18.7. The van der Waals surface area contributed by atoms with Crippen molar-refractivity contribution >= 4 is 5.91 Å². The molecule has 166 valence electrons. The fourth-order valence-electron chi connectivity index (χ4n) is 4.87. The van der Waals surface area contributed by atoms with Gasteiger partial charge < -0.3 is 20.2 Å². The third-order valence-electron chi connectivity index (χ3n) is 6.75. The van der Waals surface area contributed by atoms with Crippen LogP contribution in [0.15, 0.2) is 48.5 Å². The summed E-state index contributed by atoms with van der Waals surface area (Å²) in [5.74, 6) is 0.243. The summed E-state index contributed by atoms with van der Waals surface area (Å²) >= 11 is 0. The predicted molar refractivity (Wildman–Crippen MR) is 125 cm³/mol. The average molecular weight is 422 g/mol. The Morgan fingerprint density at radius 2 is 1.48 bits per heavy atom. The van der Waals surface area contributed by atoms with Crippen LogP contribution in [0.3, 0.4) is 0 Å². The molecule has 5 heteroatoms. The van der Waals surface area contributed by atoms with Crippen LogP contribution in [-0.4, -0.2) is 66.1 Å². The second-order valence-electron chi connectivity index (χ2n) is 8.90. The van der Waals surface area contributed by atoms with E-state index in [1.54, 1.807) is 12.1 Å². The summed E-state index contributed by atoms with van der Waals surface area (Å²) < 4.78 is 0. The van der Waals surface area contributed by atoms with Gasteiger partial charge in [0.25, 0.3) is 5.91 Å². The molecule has 2 aromatic rings. The number of phenolic OH excluding ortho intramolecular Hbond substituents is 1. The number of nitrogens with zero attached hydrogens (tertiary/aromatic N) is 2. The van der Waals surface area contributed by atoms with E-state index in [1.807, 2.05) is 36.4 Å². The number of likely N-dealkylation sites (tertiary alicyclic amines) is 2. The van der Waals surface area contributed by atoms with Crippen LogP contribution < -0.4 is 5.32 Å². The Hall–Kier alpha value is -2.37. The van der Waals surface area contributed by atoms with E-state index in [-0.39, 0.29) is 11.7 Å². The molecular formula is C26H35N3O2. The first-order valence-corrected chi connectivity index (χ1v) is 11.8. The Bertz CT molecular complexity index is 821. The smallest absolute Gasteiger partial charge is 0.251 e. The quantitative estimate of drug-likeness (QED) is 0.660. The van der Waals surface area contributed by atoms with Gasteiger partial charge in [0.05, 0.1) is 0 Å². The lowest BCUT2D eigenvalue weighted by Crippen LogP contribution is -2.47. The maximum atomic E-state index is 12.4. The first-order chi connectivity index (χ1) is 15.2. The number of hydrogen-bond acceptors (Lipinski definition) is 4. The topological polar surface area (TPSA) is 55.8 Å². The van der Waals surface area contributed by atoms with E-state index in [0.29, 0.717) is 12.1 Å². The van der Waals surface area contributed by atoms with Gasteiger partial charge in [0.2, 0.25) is 0 Å². The molecule has 0 unspecified atom stereocenters. The summed E-state index contributed by atoms with van der Waals surface area (Å²) in [7, 11) is 0. The van der Waals surface area contributed by atoms with E-state index in [1.165, 1.54) is 58.3 Å². The van der Waals surface area contributed by atoms with E-state index < -0.39 is 0 Å². The Balaban J connectivity index is 1.15. The molecule has 2 fully saturated rings. The number of piperidine rings is 2. The minimum atomic E-state index is -0.0129.